The first-order valence-corrected chi connectivity index (χ1v) is 10.5. The van der Waals surface area contributed by atoms with E-state index in [4.69, 9.17) is 5.73 Å². The van der Waals surface area contributed by atoms with Gasteiger partial charge in [-0.2, -0.15) is 4.31 Å². The molecule has 0 spiro atoms. The van der Waals surface area contributed by atoms with E-state index in [0.717, 1.165) is 19.3 Å². The number of aryl methyl sites for hydroxylation is 1. The Bertz CT molecular complexity index is 995. The lowest BCUT2D eigenvalue weighted by molar-refractivity contribution is 0.0998. The molecule has 0 unspecified atom stereocenters. The standard InChI is InChI=1S/C20H23N3O4S/c1-14-5-6-16(13-18(14)28(26,27)23-11-3-2-4-12-23)20(25)22-17-9-7-15(8-10-17)19(21)24/h5-10,13H,2-4,11-12H2,1H3,(H2,21,24)(H,22,25). The van der Waals surface area contributed by atoms with Gasteiger partial charge < -0.3 is 11.1 Å². The van der Waals surface area contributed by atoms with Crippen LogP contribution < -0.4 is 11.1 Å². The van der Waals surface area contributed by atoms with Gasteiger partial charge in [-0.15, -0.1) is 0 Å². The van der Waals surface area contributed by atoms with Crippen LogP contribution in [-0.2, 0) is 10.0 Å². The predicted octanol–water partition coefficient (Wildman–Crippen LogP) is 2.52. The molecule has 0 saturated carbocycles. The van der Waals surface area contributed by atoms with Crippen molar-refractivity contribution in [2.75, 3.05) is 18.4 Å². The van der Waals surface area contributed by atoms with E-state index in [0.29, 0.717) is 29.9 Å². The summed E-state index contributed by atoms with van der Waals surface area (Å²) in [7, 11) is -3.63. The molecule has 1 aliphatic heterocycles. The summed E-state index contributed by atoms with van der Waals surface area (Å²) < 4.78 is 27.5. The van der Waals surface area contributed by atoms with Crippen LogP contribution in [0.3, 0.4) is 0 Å². The highest BCUT2D eigenvalue weighted by Crippen LogP contribution is 2.25. The minimum atomic E-state index is -3.63. The van der Waals surface area contributed by atoms with Crippen molar-refractivity contribution in [2.24, 2.45) is 5.73 Å². The van der Waals surface area contributed by atoms with Crippen LogP contribution in [0.5, 0.6) is 0 Å². The molecular weight excluding hydrogens is 378 g/mol. The topological polar surface area (TPSA) is 110 Å². The smallest absolute Gasteiger partial charge is 0.255 e. The van der Waals surface area contributed by atoms with Crippen molar-refractivity contribution < 1.29 is 18.0 Å². The molecule has 3 rings (SSSR count). The molecule has 1 heterocycles. The van der Waals surface area contributed by atoms with Crippen molar-refractivity contribution in [3.05, 3.63) is 59.2 Å². The SMILES string of the molecule is Cc1ccc(C(=O)Nc2ccc(C(N)=O)cc2)cc1S(=O)(=O)N1CCCCC1. The minimum absolute atomic E-state index is 0.158. The number of carbonyl (C=O) groups is 2. The van der Waals surface area contributed by atoms with E-state index in [-0.39, 0.29) is 10.5 Å². The van der Waals surface area contributed by atoms with Gasteiger partial charge in [0.2, 0.25) is 15.9 Å². The fraction of sp³-hybridized carbons (Fsp3) is 0.300. The van der Waals surface area contributed by atoms with E-state index in [1.807, 2.05) is 0 Å². The summed E-state index contributed by atoms with van der Waals surface area (Å²) in [6, 6.07) is 10.8. The number of rotatable bonds is 5. The molecule has 2 aromatic carbocycles. The van der Waals surface area contributed by atoms with E-state index in [2.05, 4.69) is 5.32 Å². The molecule has 2 amide bonds. The molecule has 1 saturated heterocycles. The second-order valence-corrected chi connectivity index (χ2v) is 8.75. The Labute approximate surface area is 164 Å². The highest BCUT2D eigenvalue weighted by Gasteiger charge is 2.28. The van der Waals surface area contributed by atoms with Gasteiger partial charge in [-0.3, -0.25) is 9.59 Å². The number of amides is 2. The van der Waals surface area contributed by atoms with E-state index < -0.39 is 21.8 Å². The zero-order chi connectivity index (χ0) is 20.3. The number of carbonyl (C=O) groups excluding carboxylic acids is 2. The van der Waals surface area contributed by atoms with Crippen LogP contribution in [0.15, 0.2) is 47.4 Å². The molecular formula is C20H23N3O4S. The van der Waals surface area contributed by atoms with Crippen LogP contribution >= 0.6 is 0 Å². The van der Waals surface area contributed by atoms with Crippen LogP contribution in [0, 0.1) is 6.92 Å². The number of nitrogens with zero attached hydrogens (tertiary/aromatic N) is 1. The third-order valence-electron chi connectivity index (χ3n) is 4.81. The molecule has 0 aromatic heterocycles. The Morgan fingerprint density at radius 3 is 2.18 bits per heavy atom. The van der Waals surface area contributed by atoms with Crippen LogP contribution in [0.4, 0.5) is 5.69 Å². The summed E-state index contributed by atoms with van der Waals surface area (Å²) in [5.74, 6) is -0.981. The summed E-state index contributed by atoms with van der Waals surface area (Å²) in [5, 5.41) is 2.70. The first-order chi connectivity index (χ1) is 13.3. The Kier molecular flexibility index (Phi) is 5.81. The summed E-state index contributed by atoms with van der Waals surface area (Å²) in [6.07, 6.45) is 2.72. The summed E-state index contributed by atoms with van der Waals surface area (Å²) >= 11 is 0. The average molecular weight is 401 g/mol. The number of hydrogen-bond acceptors (Lipinski definition) is 4. The van der Waals surface area contributed by atoms with Crippen LogP contribution in [-0.4, -0.2) is 37.6 Å². The zero-order valence-electron chi connectivity index (χ0n) is 15.6. The first kappa shape index (κ1) is 20.0. The summed E-state index contributed by atoms with van der Waals surface area (Å²) in [4.78, 5) is 23.9. The number of hydrogen-bond donors (Lipinski definition) is 2. The number of sulfonamides is 1. The van der Waals surface area contributed by atoms with Gasteiger partial charge in [0.1, 0.15) is 0 Å². The lowest BCUT2D eigenvalue weighted by atomic mass is 10.1. The van der Waals surface area contributed by atoms with Crippen molar-refractivity contribution in [3.8, 4) is 0 Å². The highest BCUT2D eigenvalue weighted by molar-refractivity contribution is 7.89. The predicted molar refractivity (Wildman–Crippen MR) is 107 cm³/mol. The number of anilines is 1. The van der Waals surface area contributed by atoms with E-state index in [1.165, 1.54) is 22.5 Å². The molecule has 0 radical (unpaired) electrons. The molecule has 0 aliphatic carbocycles. The van der Waals surface area contributed by atoms with Crippen LogP contribution in [0.1, 0.15) is 45.5 Å². The fourth-order valence-electron chi connectivity index (χ4n) is 3.18. The molecule has 0 bridgehead atoms. The van der Waals surface area contributed by atoms with E-state index in [9.17, 15) is 18.0 Å². The van der Waals surface area contributed by atoms with Gasteiger partial charge in [0, 0.05) is 29.9 Å². The molecule has 8 heteroatoms. The highest BCUT2D eigenvalue weighted by atomic mass is 32.2. The molecule has 1 aliphatic rings. The third kappa shape index (κ3) is 4.23. The van der Waals surface area contributed by atoms with Gasteiger partial charge in [0.15, 0.2) is 0 Å². The van der Waals surface area contributed by atoms with Gasteiger partial charge in [0.25, 0.3) is 5.91 Å². The first-order valence-electron chi connectivity index (χ1n) is 9.11. The average Bonchev–Trinajstić information content (AvgIpc) is 2.69. The molecule has 1 fully saturated rings. The Hall–Kier alpha value is -2.71. The number of nitrogens with one attached hydrogen (secondary N) is 1. The van der Waals surface area contributed by atoms with Crippen molar-refractivity contribution in [1.29, 1.82) is 0 Å². The largest absolute Gasteiger partial charge is 0.366 e. The number of nitrogens with two attached hydrogens (primary N) is 1. The maximum Gasteiger partial charge on any atom is 0.255 e. The monoisotopic (exact) mass is 401 g/mol. The fourth-order valence-corrected chi connectivity index (χ4v) is 4.95. The Morgan fingerprint density at radius 1 is 0.964 bits per heavy atom. The molecule has 28 heavy (non-hydrogen) atoms. The molecule has 3 N–H and O–H groups in total. The van der Waals surface area contributed by atoms with Gasteiger partial charge in [-0.1, -0.05) is 12.5 Å². The lowest BCUT2D eigenvalue weighted by Gasteiger charge is -2.26. The zero-order valence-corrected chi connectivity index (χ0v) is 16.5. The third-order valence-corrected chi connectivity index (χ3v) is 6.85. The van der Waals surface area contributed by atoms with Crippen molar-refractivity contribution in [1.82, 2.24) is 4.31 Å². The molecule has 7 nitrogen and oxygen atoms in total. The van der Waals surface area contributed by atoms with E-state index >= 15 is 0 Å². The molecule has 2 aromatic rings. The lowest BCUT2D eigenvalue weighted by Crippen LogP contribution is -2.36. The number of piperidine rings is 1. The second kappa shape index (κ2) is 8.12. The maximum atomic E-state index is 13.0. The Morgan fingerprint density at radius 2 is 1.57 bits per heavy atom. The van der Waals surface area contributed by atoms with Crippen LogP contribution in [0.2, 0.25) is 0 Å². The quantitative estimate of drug-likeness (QED) is 0.802. The van der Waals surface area contributed by atoms with Gasteiger partial charge in [-0.05, 0) is 61.7 Å². The summed E-state index contributed by atoms with van der Waals surface area (Å²) in [6.45, 7) is 2.73. The van der Waals surface area contributed by atoms with Gasteiger partial charge in [-0.25, -0.2) is 8.42 Å². The number of benzene rings is 2. The summed E-state index contributed by atoms with van der Waals surface area (Å²) in [5.41, 5.74) is 6.88. The van der Waals surface area contributed by atoms with Crippen molar-refractivity contribution >= 4 is 27.5 Å². The minimum Gasteiger partial charge on any atom is -0.366 e. The van der Waals surface area contributed by atoms with Crippen LogP contribution in [0.25, 0.3) is 0 Å². The molecule has 0 atom stereocenters. The normalized spacial score (nSPS) is 15.2. The van der Waals surface area contributed by atoms with Gasteiger partial charge >= 0.3 is 0 Å². The second-order valence-electron chi connectivity index (χ2n) is 6.84. The molecule has 148 valence electrons. The van der Waals surface area contributed by atoms with E-state index in [1.54, 1.807) is 31.2 Å². The Balaban J connectivity index is 1.83. The van der Waals surface area contributed by atoms with Crippen molar-refractivity contribution in [3.63, 3.8) is 0 Å². The van der Waals surface area contributed by atoms with Crippen molar-refractivity contribution in [2.45, 2.75) is 31.1 Å². The van der Waals surface area contributed by atoms with Gasteiger partial charge in [0.05, 0.1) is 4.90 Å². The number of primary amides is 1. The maximum absolute atomic E-state index is 13.0.